The first-order valence-electron chi connectivity index (χ1n) is 7.89. The molecule has 2 aromatic rings. The van der Waals surface area contributed by atoms with Gasteiger partial charge in [0, 0.05) is 50.1 Å². The minimum Gasteiger partial charge on any atom is -0.363 e. The summed E-state index contributed by atoms with van der Waals surface area (Å²) in [6, 6.07) is 5.18. The summed E-state index contributed by atoms with van der Waals surface area (Å²) in [6.07, 6.45) is 0. The fraction of sp³-hybridized carbons (Fsp3) is 0.375. The Morgan fingerprint density at radius 1 is 1.32 bits per heavy atom. The number of piperazine rings is 1. The van der Waals surface area contributed by atoms with Crippen molar-refractivity contribution >= 4 is 33.8 Å². The van der Waals surface area contributed by atoms with E-state index in [-0.39, 0.29) is 16.5 Å². The Hall–Kier alpha value is -2.52. The first-order valence-corrected chi connectivity index (χ1v) is 8.77. The Bertz CT molecular complexity index is 799. The second-order valence-electron chi connectivity index (χ2n) is 5.97. The molecule has 8 nitrogen and oxygen atoms in total. The summed E-state index contributed by atoms with van der Waals surface area (Å²) in [5.74, 6) is -0.197. The molecule has 0 spiro atoms. The van der Waals surface area contributed by atoms with E-state index in [1.807, 2.05) is 18.0 Å². The molecule has 1 amide bonds. The second kappa shape index (κ2) is 7.16. The average Bonchev–Trinajstić information content (AvgIpc) is 3.03. The van der Waals surface area contributed by atoms with Crippen LogP contribution in [0.2, 0.25) is 0 Å². The van der Waals surface area contributed by atoms with Crippen molar-refractivity contribution in [1.29, 1.82) is 0 Å². The predicted octanol–water partition coefficient (Wildman–Crippen LogP) is 2.43. The summed E-state index contributed by atoms with van der Waals surface area (Å²) in [6.45, 7) is 4.70. The third-order valence-electron chi connectivity index (χ3n) is 4.10. The number of benzene rings is 1. The van der Waals surface area contributed by atoms with Gasteiger partial charge in [-0.1, -0.05) is 6.07 Å². The summed E-state index contributed by atoms with van der Waals surface area (Å²) < 4.78 is 0. The molecular formula is C16H19N5O3S. The van der Waals surface area contributed by atoms with E-state index in [1.165, 1.54) is 18.3 Å². The third kappa shape index (κ3) is 3.94. The highest BCUT2D eigenvalue weighted by atomic mass is 32.1. The molecule has 1 N–H and O–H groups in total. The van der Waals surface area contributed by atoms with E-state index in [0.717, 1.165) is 26.2 Å². The third-order valence-corrected chi connectivity index (χ3v) is 4.86. The largest absolute Gasteiger partial charge is 0.363 e. The van der Waals surface area contributed by atoms with Crippen molar-refractivity contribution in [2.75, 3.05) is 43.4 Å². The van der Waals surface area contributed by atoms with Crippen molar-refractivity contribution in [2.45, 2.75) is 6.92 Å². The summed E-state index contributed by atoms with van der Waals surface area (Å²) in [7, 11) is 2.05. The van der Waals surface area contributed by atoms with Gasteiger partial charge in [-0.2, -0.15) is 0 Å². The molecule has 2 heterocycles. The molecule has 0 bridgehead atoms. The lowest BCUT2D eigenvalue weighted by molar-refractivity contribution is -0.384. The van der Waals surface area contributed by atoms with Gasteiger partial charge in [-0.3, -0.25) is 14.9 Å². The molecule has 1 saturated heterocycles. The van der Waals surface area contributed by atoms with E-state index < -0.39 is 0 Å². The number of nitrogens with zero attached hydrogens (tertiary/aromatic N) is 4. The zero-order valence-corrected chi connectivity index (χ0v) is 14.9. The highest BCUT2D eigenvalue weighted by molar-refractivity contribution is 7.14. The van der Waals surface area contributed by atoms with Crippen molar-refractivity contribution < 1.29 is 9.72 Å². The molecule has 25 heavy (non-hydrogen) atoms. The van der Waals surface area contributed by atoms with Gasteiger partial charge >= 0.3 is 0 Å². The molecule has 0 aliphatic carbocycles. The highest BCUT2D eigenvalue weighted by Gasteiger charge is 2.23. The number of hydrogen-bond acceptors (Lipinski definition) is 7. The number of rotatable bonds is 4. The zero-order chi connectivity index (χ0) is 18.0. The van der Waals surface area contributed by atoms with Gasteiger partial charge in [0.2, 0.25) is 5.91 Å². The molecule has 1 aromatic carbocycles. The first kappa shape index (κ1) is 17.3. The van der Waals surface area contributed by atoms with Gasteiger partial charge in [-0.15, -0.1) is 11.3 Å². The number of carbonyl (C=O) groups is 1. The molecular weight excluding hydrogens is 342 g/mol. The molecule has 0 radical (unpaired) electrons. The number of nitro benzene ring substituents is 1. The van der Waals surface area contributed by atoms with E-state index >= 15 is 0 Å². The number of nitro groups is 1. The quantitative estimate of drug-likeness (QED) is 0.664. The number of amides is 1. The second-order valence-corrected chi connectivity index (χ2v) is 6.83. The molecule has 1 aliphatic heterocycles. The van der Waals surface area contributed by atoms with E-state index in [1.54, 1.807) is 17.5 Å². The summed E-state index contributed by atoms with van der Waals surface area (Å²) in [4.78, 5) is 30.9. The highest BCUT2D eigenvalue weighted by Crippen LogP contribution is 2.34. The van der Waals surface area contributed by atoms with E-state index in [9.17, 15) is 14.9 Å². The average molecular weight is 361 g/mol. The maximum Gasteiger partial charge on any atom is 0.293 e. The van der Waals surface area contributed by atoms with Gasteiger partial charge in [0.15, 0.2) is 5.13 Å². The Labute approximate surface area is 149 Å². The maximum atomic E-state index is 11.6. The topological polar surface area (TPSA) is 91.6 Å². The van der Waals surface area contributed by atoms with Crippen molar-refractivity contribution in [3.05, 3.63) is 33.7 Å². The van der Waals surface area contributed by atoms with Crippen LogP contribution in [0.3, 0.4) is 0 Å². The lowest BCUT2D eigenvalue weighted by Crippen LogP contribution is -2.44. The molecule has 1 fully saturated rings. The van der Waals surface area contributed by atoms with Crippen molar-refractivity contribution in [3.63, 3.8) is 0 Å². The summed E-state index contributed by atoms with van der Waals surface area (Å²) in [5.41, 5.74) is 1.99. The normalized spacial score (nSPS) is 15.2. The minimum atomic E-state index is -0.349. The van der Waals surface area contributed by atoms with Crippen LogP contribution in [-0.2, 0) is 4.79 Å². The zero-order valence-electron chi connectivity index (χ0n) is 14.1. The Balaban J connectivity index is 1.90. The number of aromatic nitrogens is 1. The molecule has 0 atom stereocenters. The lowest BCUT2D eigenvalue weighted by Gasteiger charge is -2.33. The van der Waals surface area contributed by atoms with Crippen LogP contribution in [0.4, 0.5) is 16.5 Å². The molecule has 9 heteroatoms. The summed E-state index contributed by atoms with van der Waals surface area (Å²) >= 11 is 1.29. The van der Waals surface area contributed by atoms with E-state index in [0.29, 0.717) is 22.1 Å². The SMILES string of the molecule is CC(=O)Nc1nc(-c2ccc(N3CCN(C)CC3)c([N+](=O)[O-])c2)cs1. The molecule has 1 aromatic heterocycles. The number of thiazole rings is 1. The Morgan fingerprint density at radius 3 is 2.68 bits per heavy atom. The standard InChI is InChI=1S/C16H19N5O3S/c1-11(22)17-16-18-13(10-25-16)12-3-4-14(15(9-12)21(23)24)20-7-5-19(2)6-8-20/h3-4,9-10H,5-8H2,1-2H3,(H,17,18,22). The predicted molar refractivity (Wildman–Crippen MR) is 98.2 cm³/mol. The van der Waals surface area contributed by atoms with Gasteiger partial charge < -0.3 is 15.1 Å². The van der Waals surface area contributed by atoms with Crippen molar-refractivity contribution in [3.8, 4) is 11.3 Å². The Morgan fingerprint density at radius 2 is 2.04 bits per heavy atom. The summed E-state index contributed by atoms with van der Waals surface area (Å²) in [5, 5.41) is 16.4. The Kier molecular flexibility index (Phi) is 4.95. The van der Waals surface area contributed by atoms with Crippen LogP contribution < -0.4 is 10.2 Å². The lowest BCUT2D eigenvalue weighted by atomic mass is 10.1. The van der Waals surface area contributed by atoms with Crippen LogP contribution in [0.5, 0.6) is 0 Å². The minimum absolute atomic E-state index is 0.0798. The van der Waals surface area contributed by atoms with Crippen LogP contribution in [0.1, 0.15) is 6.92 Å². The van der Waals surface area contributed by atoms with Gasteiger partial charge in [-0.05, 0) is 13.1 Å². The van der Waals surface area contributed by atoms with Gasteiger partial charge in [-0.25, -0.2) is 4.98 Å². The van der Waals surface area contributed by atoms with Gasteiger partial charge in [0.25, 0.3) is 5.69 Å². The van der Waals surface area contributed by atoms with Gasteiger partial charge in [0.1, 0.15) is 5.69 Å². The number of hydrogen-bond donors (Lipinski definition) is 1. The van der Waals surface area contributed by atoms with Crippen molar-refractivity contribution in [1.82, 2.24) is 9.88 Å². The van der Waals surface area contributed by atoms with E-state index in [2.05, 4.69) is 15.2 Å². The van der Waals surface area contributed by atoms with Crippen LogP contribution in [0.15, 0.2) is 23.6 Å². The number of anilines is 2. The fourth-order valence-electron chi connectivity index (χ4n) is 2.76. The van der Waals surface area contributed by atoms with E-state index in [4.69, 9.17) is 0 Å². The maximum absolute atomic E-state index is 11.6. The van der Waals surface area contributed by atoms with Crippen molar-refractivity contribution in [2.24, 2.45) is 0 Å². The number of nitrogens with one attached hydrogen (secondary N) is 1. The number of carbonyl (C=O) groups excluding carboxylic acids is 1. The molecule has 0 unspecified atom stereocenters. The monoisotopic (exact) mass is 361 g/mol. The molecule has 3 rings (SSSR count). The molecule has 0 saturated carbocycles. The first-order chi connectivity index (χ1) is 11.9. The molecule has 132 valence electrons. The smallest absolute Gasteiger partial charge is 0.293 e. The van der Waals surface area contributed by atoms with Gasteiger partial charge in [0.05, 0.1) is 10.6 Å². The van der Waals surface area contributed by atoms with Crippen LogP contribution >= 0.6 is 11.3 Å². The molecule has 1 aliphatic rings. The number of likely N-dealkylation sites (N-methyl/N-ethyl adjacent to an activating group) is 1. The van der Waals surface area contributed by atoms with Crippen LogP contribution in [0.25, 0.3) is 11.3 Å². The van der Waals surface area contributed by atoms with Crippen LogP contribution in [-0.4, -0.2) is 53.9 Å². The fourth-order valence-corrected chi connectivity index (χ4v) is 3.52. The van der Waals surface area contributed by atoms with Crippen LogP contribution in [0, 0.1) is 10.1 Å².